The van der Waals surface area contributed by atoms with E-state index >= 15 is 0 Å². The van der Waals surface area contributed by atoms with Crippen molar-refractivity contribution in [1.82, 2.24) is 15.3 Å². The highest BCUT2D eigenvalue weighted by Crippen LogP contribution is 2.34. The second kappa shape index (κ2) is 7.72. The third kappa shape index (κ3) is 4.32. The lowest BCUT2D eigenvalue weighted by atomic mass is 10.2. The topological polar surface area (TPSA) is 54.9 Å². The number of hydrogen-bond acceptors (Lipinski definition) is 5. The smallest absolute Gasteiger partial charge is 0.230 e. The van der Waals surface area contributed by atoms with Gasteiger partial charge in [0.25, 0.3) is 0 Å². The summed E-state index contributed by atoms with van der Waals surface area (Å²) in [5, 5.41) is 5.57. The van der Waals surface area contributed by atoms with Gasteiger partial charge in [-0.25, -0.2) is 9.97 Å². The van der Waals surface area contributed by atoms with Gasteiger partial charge in [-0.3, -0.25) is 4.79 Å². The van der Waals surface area contributed by atoms with Crippen LogP contribution in [-0.4, -0.2) is 21.6 Å². The molecule has 1 aromatic carbocycles. The fourth-order valence-corrected chi connectivity index (χ4v) is 4.63. The SMILES string of the molecule is Cc1nc(SCC(=O)NCc2ccc(Cl)cc2)c2c(C)c(C)sc2n1. The van der Waals surface area contributed by atoms with Crippen molar-refractivity contribution < 1.29 is 4.79 Å². The number of amides is 1. The summed E-state index contributed by atoms with van der Waals surface area (Å²) in [4.78, 5) is 23.5. The van der Waals surface area contributed by atoms with Gasteiger partial charge in [0, 0.05) is 21.8 Å². The molecular weight excluding hydrogens is 374 g/mol. The molecule has 0 aliphatic rings. The Bertz CT molecular complexity index is 922. The van der Waals surface area contributed by atoms with Crippen LogP contribution in [0.4, 0.5) is 0 Å². The zero-order chi connectivity index (χ0) is 18.0. The van der Waals surface area contributed by atoms with Crippen LogP contribution < -0.4 is 5.32 Å². The van der Waals surface area contributed by atoms with Gasteiger partial charge >= 0.3 is 0 Å². The molecule has 4 nitrogen and oxygen atoms in total. The first-order chi connectivity index (χ1) is 11.9. The summed E-state index contributed by atoms with van der Waals surface area (Å²) < 4.78 is 0. The van der Waals surface area contributed by atoms with E-state index in [1.54, 1.807) is 11.3 Å². The molecule has 130 valence electrons. The van der Waals surface area contributed by atoms with Gasteiger partial charge < -0.3 is 5.32 Å². The zero-order valence-electron chi connectivity index (χ0n) is 14.2. The van der Waals surface area contributed by atoms with Crippen molar-refractivity contribution in [2.24, 2.45) is 0 Å². The number of nitrogens with zero attached hydrogens (tertiary/aromatic N) is 2. The number of rotatable bonds is 5. The Morgan fingerprint density at radius 3 is 2.64 bits per heavy atom. The van der Waals surface area contributed by atoms with Crippen LogP contribution in [0.15, 0.2) is 29.3 Å². The molecule has 0 radical (unpaired) electrons. The molecule has 0 saturated carbocycles. The first kappa shape index (κ1) is 18.2. The third-order valence-corrected chi connectivity index (χ3v) is 6.18. The summed E-state index contributed by atoms with van der Waals surface area (Å²) in [6.07, 6.45) is 0. The Kier molecular flexibility index (Phi) is 5.61. The predicted octanol–water partition coefficient (Wildman–Crippen LogP) is 4.68. The first-order valence-electron chi connectivity index (χ1n) is 7.82. The van der Waals surface area contributed by atoms with Gasteiger partial charge in [-0.15, -0.1) is 11.3 Å². The molecule has 1 amide bonds. The first-order valence-corrected chi connectivity index (χ1v) is 10.0. The van der Waals surface area contributed by atoms with Gasteiger partial charge in [0.2, 0.25) is 5.91 Å². The summed E-state index contributed by atoms with van der Waals surface area (Å²) in [6.45, 7) is 6.54. The molecule has 0 aliphatic heterocycles. The Morgan fingerprint density at radius 2 is 1.92 bits per heavy atom. The van der Waals surface area contributed by atoms with E-state index in [9.17, 15) is 4.79 Å². The maximum Gasteiger partial charge on any atom is 0.230 e. The largest absolute Gasteiger partial charge is 0.351 e. The highest BCUT2D eigenvalue weighted by molar-refractivity contribution is 8.00. The fraction of sp³-hybridized carbons (Fsp3) is 0.278. The minimum absolute atomic E-state index is 0.0195. The minimum Gasteiger partial charge on any atom is -0.351 e. The number of thiophene rings is 1. The lowest BCUT2D eigenvalue weighted by Gasteiger charge is -2.07. The van der Waals surface area contributed by atoms with Crippen LogP contribution in [-0.2, 0) is 11.3 Å². The van der Waals surface area contributed by atoms with Crippen molar-refractivity contribution >= 4 is 50.8 Å². The van der Waals surface area contributed by atoms with Crippen molar-refractivity contribution in [1.29, 1.82) is 0 Å². The van der Waals surface area contributed by atoms with E-state index in [1.165, 1.54) is 22.2 Å². The summed E-state index contributed by atoms with van der Waals surface area (Å²) in [6, 6.07) is 7.45. The van der Waals surface area contributed by atoms with E-state index in [1.807, 2.05) is 31.2 Å². The molecule has 0 saturated heterocycles. The second-order valence-electron chi connectivity index (χ2n) is 5.73. The number of thioether (sulfide) groups is 1. The quantitative estimate of drug-likeness (QED) is 0.506. The number of carbonyl (C=O) groups is 1. The Balaban J connectivity index is 1.66. The van der Waals surface area contributed by atoms with Crippen LogP contribution in [0.25, 0.3) is 10.2 Å². The Hall–Kier alpha value is -1.63. The molecule has 3 rings (SSSR count). The van der Waals surface area contributed by atoms with E-state index in [0.717, 1.165) is 26.6 Å². The number of benzene rings is 1. The van der Waals surface area contributed by atoms with Gasteiger partial charge in [-0.1, -0.05) is 35.5 Å². The van der Waals surface area contributed by atoms with Crippen molar-refractivity contribution in [2.75, 3.05) is 5.75 Å². The monoisotopic (exact) mass is 391 g/mol. The van der Waals surface area contributed by atoms with E-state index in [2.05, 4.69) is 29.1 Å². The van der Waals surface area contributed by atoms with Gasteiger partial charge in [0.05, 0.1) is 5.75 Å². The van der Waals surface area contributed by atoms with Crippen molar-refractivity contribution in [2.45, 2.75) is 32.3 Å². The lowest BCUT2D eigenvalue weighted by molar-refractivity contribution is -0.118. The summed E-state index contributed by atoms with van der Waals surface area (Å²) in [7, 11) is 0. The molecule has 0 aliphatic carbocycles. The molecule has 2 heterocycles. The molecule has 0 unspecified atom stereocenters. The molecule has 1 N–H and O–H groups in total. The molecular formula is C18H18ClN3OS2. The van der Waals surface area contributed by atoms with Crippen LogP contribution in [0.2, 0.25) is 5.02 Å². The Labute approximate surface area is 160 Å². The van der Waals surface area contributed by atoms with Crippen LogP contribution in [0.5, 0.6) is 0 Å². The maximum atomic E-state index is 12.2. The molecule has 0 spiro atoms. The maximum absolute atomic E-state index is 12.2. The van der Waals surface area contributed by atoms with E-state index < -0.39 is 0 Å². The van der Waals surface area contributed by atoms with Gasteiger partial charge in [0.15, 0.2) is 0 Å². The summed E-state index contributed by atoms with van der Waals surface area (Å²) >= 11 is 9.00. The molecule has 0 bridgehead atoms. The van der Waals surface area contributed by atoms with E-state index in [0.29, 0.717) is 17.3 Å². The van der Waals surface area contributed by atoms with Crippen molar-refractivity contribution in [3.05, 3.63) is 51.1 Å². The standard InChI is InChI=1S/C18H18ClN3OS2/c1-10-11(2)25-18-16(10)17(21-12(3)22-18)24-9-15(23)20-8-13-4-6-14(19)7-5-13/h4-7H,8-9H2,1-3H3,(H,20,23). The molecule has 3 aromatic rings. The summed E-state index contributed by atoms with van der Waals surface area (Å²) in [5.41, 5.74) is 2.22. The highest BCUT2D eigenvalue weighted by atomic mass is 35.5. The molecule has 0 fully saturated rings. The normalized spacial score (nSPS) is 11.0. The highest BCUT2D eigenvalue weighted by Gasteiger charge is 2.15. The van der Waals surface area contributed by atoms with E-state index in [4.69, 9.17) is 11.6 Å². The van der Waals surface area contributed by atoms with Gasteiger partial charge in [-0.05, 0) is 44.0 Å². The number of fused-ring (bicyclic) bond motifs is 1. The number of nitrogens with one attached hydrogen (secondary N) is 1. The average Bonchev–Trinajstić information content (AvgIpc) is 2.86. The third-order valence-electron chi connectivity index (χ3n) is 3.85. The molecule has 0 atom stereocenters. The number of aryl methyl sites for hydroxylation is 3. The van der Waals surface area contributed by atoms with Crippen LogP contribution in [0, 0.1) is 20.8 Å². The number of aromatic nitrogens is 2. The van der Waals surface area contributed by atoms with Crippen molar-refractivity contribution in [3.8, 4) is 0 Å². The van der Waals surface area contributed by atoms with Crippen LogP contribution in [0.1, 0.15) is 21.8 Å². The molecule has 2 aromatic heterocycles. The number of carbonyl (C=O) groups excluding carboxylic acids is 1. The van der Waals surface area contributed by atoms with Gasteiger partial charge in [-0.2, -0.15) is 0 Å². The zero-order valence-corrected chi connectivity index (χ0v) is 16.6. The van der Waals surface area contributed by atoms with Crippen LogP contribution >= 0.6 is 34.7 Å². The fourth-order valence-electron chi connectivity index (χ4n) is 2.41. The number of hydrogen-bond donors (Lipinski definition) is 1. The van der Waals surface area contributed by atoms with E-state index in [-0.39, 0.29) is 5.91 Å². The second-order valence-corrected chi connectivity index (χ2v) is 8.33. The Morgan fingerprint density at radius 1 is 1.20 bits per heavy atom. The summed E-state index contributed by atoms with van der Waals surface area (Å²) in [5.74, 6) is 1.04. The minimum atomic E-state index is -0.0195. The molecule has 7 heteroatoms. The lowest BCUT2D eigenvalue weighted by Crippen LogP contribution is -2.24. The van der Waals surface area contributed by atoms with Gasteiger partial charge in [0.1, 0.15) is 15.7 Å². The number of halogens is 1. The van der Waals surface area contributed by atoms with Crippen molar-refractivity contribution in [3.63, 3.8) is 0 Å². The predicted molar refractivity (Wildman–Crippen MR) is 106 cm³/mol. The molecule has 25 heavy (non-hydrogen) atoms. The average molecular weight is 392 g/mol. The van der Waals surface area contributed by atoms with Crippen LogP contribution in [0.3, 0.4) is 0 Å².